The van der Waals surface area contributed by atoms with Crippen LogP contribution in [-0.2, 0) is 16.1 Å². The molecule has 1 amide bonds. The Kier molecular flexibility index (Phi) is 5.80. The van der Waals surface area contributed by atoms with Gasteiger partial charge in [0.1, 0.15) is 0 Å². The summed E-state index contributed by atoms with van der Waals surface area (Å²) in [5, 5.41) is 3.96. The molecule has 0 aliphatic carbocycles. The van der Waals surface area contributed by atoms with Gasteiger partial charge in [-0.2, -0.15) is 4.98 Å². The topological polar surface area (TPSA) is 74.9 Å². The molecule has 8 heteroatoms. The Labute approximate surface area is 142 Å². The van der Waals surface area contributed by atoms with Crippen LogP contribution in [0.3, 0.4) is 0 Å². The molecule has 0 N–H and O–H groups in total. The van der Waals surface area contributed by atoms with Gasteiger partial charge in [-0.05, 0) is 26.4 Å². The van der Waals surface area contributed by atoms with E-state index in [1.165, 1.54) is 0 Å². The summed E-state index contributed by atoms with van der Waals surface area (Å²) in [5.41, 5.74) is 0. The fourth-order valence-electron chi connectivity index (χ4n) is 3.28. The summed E-state index contributed by atoms with van der Waals surface area (Å²) in [5.74, 6) is 1.55. The Morgan fingerprint density at radius 3 is 2.75 bits per heavy atom. The minimum atomic E-state index is 0.140. The minimum absolute atomic E-state index is 0.140. The molecule has 2 saturated heterocycles. The van der Waals surface area contributed by atoms with Crippen LogP contribution in [0.25, 0.3) is 0 Å². The van der Waals surface area contributed by atoms with E-state index < -0.39 is 0 Å². The second-order valence-electron chi connectivity index (χ2n) is 6.66. The first kappa shape index (κ1) is 17.3. The summed E-state index contributed by atoms with van der Waals surface area (Å²) in [7, 11) is 0. The van der Waals surface area contributed by atoms with Gasteiger partial charge in [-0.25, -0.2) is 0 Å². The van der Waals surface area contributed by atoms with E-state index in [1.54, 1.807) is 6.92 Å². The lowest BCUT2D eigenvalue weighted by Gasteiger charge is -2.32. The van der Waals surface area contributed by atoms with Crippen LogP contribution in [0.5, 0.6) is 0 Å². The number of carbonyl (C=O) groups excluding carboxylic acids is 1. The van der Waals surface area contributed by atoms with E-state index in [0.717, 1.165) is 38.4 Å². The number of rotatable bonds is 4. The summed E-state index contributed by atoms with van der Waals surface area (Å²) < 4.78 is 10.5. The SMILES string of the molecule is Cc1nc(CN2CCCN(CC(=O)N3CCO[C@@H](C)C3)CC2)no1. The lowest BCUT2D eigenvalue weighted by molar-refractivity contribution is -0.139. The number of carbonyl (C=O) groups is 1. The summed E-state index contributed by atoms with van der Waals surface area (Å²) >= 11 is 0. The number of nitrogens with zero attached hydrogens (tertiary/aromatic N) is 5. The highest BCUT2D eigenvalue weighted by Gasteiger charge is 2.24. The second-order valence-corrected chi connectivity index (χ2v) is 6.66. The van der Waals surface area contributed by atoms with Crippen LogP contribution < -0.4 is 0 Å². The van der Waals surface area contributed by atoms with E-state index in [0.29, 0.717) is 38.7 Å². The van der Waals surface area contributed by atoms with Crippen LogP contribution >= 0.6 is 0 Å². The van der Waals surface area contributed by atoms with E-state index in [9.17, 15) is 4.79 Å². The average Bonchev–Trinajstić information content (AvgIpc) is 2.83. The fourth-order valence-corrected chi connectivity index (χ4v) is 3.28. The molecule has 1 aromatic heterocycles. The number of aryl methyl sites for hydroxylation is 1. The first-order valence-electron chi connectivity index (χ1n) is 8.73. The molecule has 3 heterocycles. The lowest BCUT2D eigenvalue weighted by Crippen LogP contribution is -2.48. The van der Waals surface area contributed by atoms with Gasteiger partial charge < -0.3 is 14.2 Å². The van der Waals surface area contributed by atoms with Crippen molar-refractivity contribution in [3.63, 3.8) is 0 Å². The van der Waals surface area contributed by atoms with Crippen molar-refractivity contribution < 1.29 is 14.1 Å². The summed E-state index contributed by atoms with van der Waals surface area (Å²) in [4.78, 5) is 23.3. The van der Waals surface area contributed by atoms with Gasteiger partial charge in [-0.15, -0.1) is 0 Å². The maximum absolute atomic E-state index is 12.5. The smallest absolute Gasteiger partial charge is 0.236 e. The summed E-state index contributed by atoms with van der Waals surface area (Å²) in [6.45, 7) is 10.8. The van der Waals surface area contributed by atoms with Crippen molar-refractivity contribution in [1.29, 1.82) is 0 Å². The molecule has 134 valence electrons. The molecular weight excluding hydrogens is 310 g/mol. The maximum atomic E-state index is 12.5. The predicted molar refractivity (Wildman–Crippen MR) is 87.4 cm³/mol. The Balaban J connectivity index is 1.45. The zero-order chi connectivity index (χ0) is 16.9. The number of morpholine rings is 1. The van der Waals surface area contributed by atoms with Crippen LogP contribution in [0.4, 0.5) is 0 Å². The second kappa shape index (κ2) is 8.04. The van der Waals surface area contributed by atoms with Crippen molar-refractivity contribution in [2.45, 2.75) is 32.9 Å². The predicted octanol–water partition coefficient (Wildman–Crippen LogP) is 0.133. The van der Waals surface area contributed by atoms with Crippen molar-refractivity contribution in [1.82, 2.24) is 24.8 Å². The minimum Gasteiger partial charge on any atom is -0.375 e. The zero-order valence-electron chi connectivity index (χ0n) is 14.6. The highest BCUT2D eigenvalue weighted by atomic mass is 16.5. The number of amides is 1. The number of hydrogen-bond donors (Lipinski definition) is 0. The Morgan fingerprint density at radius 1 is 1.21 bits per heavy atom. The Morgan fingerprint density at radius 2 is 2.00 bits per heavy atom. The molecule has 8 nitrogen and oxygen atoms in total. The first-order chi connectivity index (χ1) is 11.6. The highest BCUT2D eigenvalue weighted by molar-refractivity contribution is 5.78. The molecule has 0 unspecified atom stereocenters. The molecule has 2 aliphatic heterocycles. The number of ether oxygens (including phenoxy) is 1. The maximum Gasteiger partial charge on any atom is 0.236 e. The fraction of sp³-hybridized carbons (Fsp3) is 0.812. The molecule has 0 saturated carbocycles. The van der Waals surface area contributed by atoms with Gasteiger partial charge in [0.2, 0.25) is 11.8 Å². The van der Waals surface area contributed by atoms with Crippen LogP contribution in [0.1, 0.15) is 25.1 Å². The third-order valence-electron chi connectivity index (χ3n) is 4.57. The molecule has 1 aromatic rings. The number of hydrogen-bond acceptors (Lipinski definition) is 7. The van der Waals surface area contributed by atoms with Crippen molar-refractivity contribution in [2.24, 2.45) is 0 Å². The van der Waals surface area contributed by atoms with E-state index in [-0.39, 0.29) is 12.0 Å². The van der Waals surface area contributed by atoms with Gasteiger partial charge in [0, 0.05) is 33.1 Å². The Hall–Kier alpha value is -1.51. The molecule has 0 bridgehead atoms. The molecule has 1 atom stereocenters. The van der Waals surface area contributed by atoms with E-state index in [2.05, 4.69) is 19.9 Å². The van der Waals surface area contributed by atoms with Gasteiger partial charge in [0.05, 0.1) is 25.8 Å². The van der Waals surface area contributed by atoms with Gasteiger partial charge in [0.25, 0.3) is 0 Å². The van der Waals surface area contributed by atoms with E-state index >= 15 is 0 Å². The zero-order valence-corrected chi connectivity index (χ0v) is 14.6. The molecule has 2 fully saturated rings. The van der Waals surface area contributed by atoms with Crippen molar-refractivity contribution in [2.75, 3.05) is 52.4 Å². The molecule has 0 aromatic carbocycles. The standard InChI is InChI=1S/C16H27N5O3/c1-13-10-21(8-9-23-13)16(22)12-20-5-3-4-19(6-7-20)11-15-17-14(2)24-18-15/h13H,3-12H2,1-2H3/t13-/m0/s1. The molecule has 24 heavy (non-hydrogen) atoms. The van der Waals surface area contributed by atoms with Crippen LogP contribution in [-0.4, -0.2) is 89.3 Å². The molecular formula is C16H27N5O3. The van der Waals surface area contributed by atoms with E-state index in [4.69, 9.17) is 9.26 Å². The lowest BCUT2D eigenvalue weighted by atomic mass is 10.3. The van der Waals surface area contributed by atoms with Crippen molar-refractivity contribution in [3.8, 4) is 0 Å². The third kappa shape index (κ3) is 4.75. The van der Waals surface area contributed by atoms with E-state index in [1.807, 2.05) is 11.8 Å². The molecule has 0 radical (unpaired) electrons. The quantitative estimate of drug-likeness (QED) is 0.773. The summed E-state index contributed by atoms with van der Waals surface area (Å²) in [6, 6.07) is 0. The van der Waals surface area contributed by atoms with Crippen molar-refractivity contribution >= 4 is 5.91 Å². The molecule has 0 spiro atoms. The van der Waals surface area contributed by atoms with Crippen molar-refractivity contribution in [3.05, 3.63) is 11.7 Å². The summed E-state index contributed by atoms with van der Waals surface area (Å²) in [6.07, 6.45) is 1.18. The molecule has 2 aliphatic rings. The first-order valence-corrected chi connectivity index (χ1v) is 8.73. The highest BCUT2D eigenvalue weighted by Crippen LogP contribution is 2.09. The van der Waals surface area contributed by atoms with Crippen LogP contribution in [0, 0.1) is 6.92 Å². The number of aromatic nitrogens is 2. The largest absolute Gasteiger partial charge is 0.375 e. The van der Waals surface area contributed by atoms with Gasteiger partial charge >= 0.3 is 0 Å². The molecule has 3 rings (SSSR count). The third-order valence-corrected chi connectivity index (χ3v) is 4.57. The van der Waals surface area contributed by atoms with Crippen LogP contribution in [0.15, 0.2) is 4.52 Å². The Bertz CT molecular complexity index is 550. The normalized spacial score (nSPS) is 24.1. The van der Waals surface area contributed by atoms with Gasteiger partial charge in [-0.3, -0.25) is 14.6 Å². The van der Waals surface area contributed by atoms with Crippen LogP contribution in [0.2, 0.25) is 0 Å². The average molecular weight is 337 g/mol. The van der Waals surface area contributed by atoms with Gasteiger partial charge in [-0.1, -0.05) is 5.16 Å². The monoisotopic (exact) mass is 337 g/mol. The van der Waals surface area contributed by atoms with Gasteiger partial charge in [0.15, 0.2) is 5.82 Å².